The van der Waals surface area contributed by atoms with E-state index in [0.29, 0.717) is 6.42 Å². The predicted molar refractivity (Wildman–Crippen MR) is 74.9 cm³/mol. The smallest absolute Gasteiger partial charge is 0.161 e. The molecule has 1 aliphatic heterocycles. The van der Waals surface area contributed by atoms with E-state index in [-0.39, 0.29) is 12.7 Å². The van der Waals surface area contributed by atoms with E-state index in [1.54, 1.807) is 7.11 Å². The number of rotatable bonds is 5. The highest BCUT2D eigenvalue weighted by molar-refractivity contribution is 5.43. The van der Waals surface area contributed by atoms with E-state index in [2.05, 4.69) is 11.9 Å². The maximum Gasteiger partial charge on any atom is 0.161 e. The minimum atomic E-state index is 0.151. The van der Waals surface area contributed by atoms with E-state index >= 15 is 0 Å². The fourth-order valence-corrected chi connectivity index (χ4v) is 2.38. The first-order valence-electron chi connectivity index (χ1n) is 6.86. The third-order valence-corrected chi connectivity index (χ3v) is 3.59. The maximum absolute atomic E-state index is 8.96. The molecule has 19 heavy (non-hydrogen) atoms. The van der Waals surface area contributed by atoms with Crippen molar-refractivity contribution in [3.05, 3.63) is 23.8 Å². The Hall–Kier alpha value is -1.26. The summed E-state index contributed by atoms with van der Waals surface area (Å²) in [5.41, 5.74) is 1.06. The summed E-state index contributed by atoms with van der Waals surface area (Å²) >= 11 is 0. The van der Waals surface area contributed by atoms with Crippen molar-refractivity contribution in [3.63, 3.8) is 0 Å². The molecule has 1 aromatic carbocycles. The number of likely N-dealkylation sites (tertiary alicyclic amines) is 1. The summed E-state index contributed by atoms with van der Waals surface area (Å²) in [7, 11) is 3.79. The third kappa shape index (κ3) is 3.85. The van der Waals surface area contributed by atoms with Gasteiger partial charge in [-0.15, -0.1) is 0 Å². The molecule has 4 heteroatoms. The lowest BCUT2D eigenvalue weighted by Gasteiger charge is -2.29. The predicted octanol–water partition coefficient (Wildman–Crippen LogP) is 1.70. The lowest BCUT2D eigenvalue weighted by atomic mass is 10.1. The largest absolute Gasteiger partial charge is 0.493 e. The summed E-state index contributed by atoms with van der Waals surface area (Å²) in [4.78, 5) is 2.32. The standard InChI is InChI=1S/C15H23NO3/c1-16-8-5-13(6-9-16)19-14-4-3-12(7-10-17)11-15(14)18-2/h3-4,11,13,17H,5-10H2,1-2H3. The second-order valence-electron chi connectivity index (χ2n) is 5.08. The van der Waals surface area contributed by atoms with Crippen LogP contribution in [-0.4, -0.2) is 50.0 Å². The quantitative estimate of drug-likeness (QED) is 0.880. The van der Waals surface area contributed by atoms with Gasteiger partial charge in [-0.1, -0.05) is 6.07 Å². The highest BCUT2D eigenvalue weighted by atomic mass is 16.5. The van der Waals surface area contributed by atoms with Gasteiger partial charge in [-0.05, 0) is 44.0 Å². The first kappa shape index (κ1) is 14.2. The number of benzene rings is 1. The number of aliphatic hydroxyl groups is 1. The van der Waals surface area contributed by atoms with Crippen molar-refractivity contribution in [2.75, 3.05) is 33.9 Å². The fourth-order valence-electron chi connectivity index (χ4n) is 2.38. The summed E-state index contributed by atoms with van der Waals surface area (Å²) in [6.45, 7) is 2.31. The van der Waals surface area contributed by atoms with Gasteiger partial charge in [0, 0.05) is 19.7 Å². The summed E-state index contributed by atoms with van der Waals surface area (Å²) in [6, 6.07) is 5.88. The second-order valence-corrected chi connectivity index (χ2v) is 5.08. The summed E-state index contributed by atoms with van der Waals surface area (Å²) in [6.07, 6.45) is 3.02. The van der Waals surface area contributed by atoms with Crippen LogP contribution < -0.4 is 9.47 Å². The molecule has 0 saturated carbocycles. The molecule has 1 N–H and O–H groups in total. The number of nitrogens with zero attached hydrogens (tertiary/aromatic N) is 1. The van der Waals surface area contributed by atoms with Gasteiger partial charge >= 0.3 is 0 Å². The molecule has 4 nitrogen and oxygen atoms in total. The molecular formula is C15H23NO3. The van der Waals surface area contributed by atoms with Crippen LogP contribution in [0.4, 0.5) is 0 Å². The number of methoxy groups -OCH3 is 1. The van der Waals surface area contributed by atoms with Crippen LogP contribution in [0.5, 0.6) is 11.5 Å². The second kappa shape index (κ2) is 6.78. The van der Waals surface area contributed by atoms with Crippen molar-refractivity contribution in [1.29, 1.82) is 0 Å². The summed E-state index contributed by atoms with van der Waals surface area (Å²) in [5, 5.41) is 8.96. The first-order chi connectivity index (χ1) is 9.22. The number of ether oxygens (including phenoxy) is 2. The lowest BCUT2D eigenvalue weighted by Crippen LogP contribution is -2.35. The molecule has 0 radical (unpaired) electrons. The molecule has 1 saturated heterocycles. The number of hydrogen-bond acceptors (Lipinski definition) is 4. The number of piperidine rings is 1. The molecule has 2 rings (SSSR count). The van der Waals surface area contributed by atoms with Crippen molar-refractivity contribution >= 4 is 0 Å². The number of hydrogen-bond donors (Lipinski definition) is 1. The lowest BCUT2D eigenvalue weighted by molar-refractivity contribution is 0.111. The zero-order chi connectivity index (χ0) is 13.7. The van der Waals surface area contributed by atoms with Gasteiger partial charge in [0.05, 0.1) is 7.11 Å². The SMILES string of the molecule is COc1cc(CCO)ccc1OC1CCN(C)CC1. The molecule has 0 spiro atoms. The van der Waals surface area contributed by atoms with Crippen LogP contribution >= 0.6 is 0 Å². The van der Waals surface area contributed by atoms with Crippen molar-refractivity contribution < 1.29 is 14.6 Å². The van der Waals surface area contributed by atoms with Crippen LogP contribution in [0.3, 0.4) is 0 Å². The zero-order valence-corrected chi connectivity index (χ0v) is 11.8. The molecule has 0 aromatic heterocycles. The topological polar surface area (TPSA) is 41.9 Å². The Morgan fingerprint density at radius 2 is 2.00 bits per heavy atom. The molecule has 0 bridgehead atoms. The Balaban J connectivity index is 2.03. The Bertz CT molecular complexity index is 400. The summed E-state index contributed by atoms with van der Waals surface area (Å²) in [5.74, 6) is 1.56. The van der Waals surface area contributed by atoms with Gasteiger partial charge in [-0.3, -0.25) is 0 Å². The van der Waals surface area contributed by atoms with Gasteiger partial charge in [-0.25, -0.2) is 0 Å². The van der Waals surface area contributed by atoms with Crippen LogP contribution in [0.1, 0.15) is 18.4 Å². The van der Waals surface area contributed by atoms with Crippen molar-refractivity contribution in [1.82, 2.24) is 4.90 Å². The molecular weight excluding hydrogens is 242 g/mol. The molecule has 1 fully saturated rings. The Kier molecular flexibility index (Phi) is 5.05. The Labute approximate surface area is 114 Å². The number of aliphatic hydroxyl groups excluding tert-OH is 1. The highest BCUT2D eigenvalue weighted by Gasteiger charge is 2.19. The van der Waals surface area contributed by atoms with Gasteiger partial charge in [0.15, 0.2) is 11.5 Å². The summed E-state index contributed by atoms with van der Waals surface area (Å²) < 4.78 is 11.4. The normalized spacial score (nSPS) is 17.4. The molecule has 1 aliphatic rings. The monoisotopic (exact) mass is 265 g/mol. The van der Waals surface area contributed by atoms with E-state index < -0.39 is 0 Å². The zero-order valence-electron chi connectivity index (χ0n) is 11.8. The van der Waals surface area contributed by atoms with E-state index in [9.17, 15) is 0 Å². The average Bonchev–Trinajstić information content (AvgIpc) is 2.43. The van der Waals surface area contributed by atoms with Gasteiger partial charge in [0.25, 0.3) is 0 Å². The molecule has 0 aliphatic carbocycles. The molecule has 1 heterocycles. The van der Waals surface area contributed by atoms with Crippen molar-refractivity contribution in [2.45, 2.75) is 25.4 Å². The maximum atomic E-state index is 8.96. The first-order valence-corrected chi connectivity index (χ1v) is 6.86. The van der Waals surface area contributed by atoms with Crippen molar-refractivity contribution in [3.8, 4) is 11.5 Å². The average molecular weight is 265 g/mol. The van der Waals surface area contributed by atoms with Crippen LogP contribution in [0.2, 0.25) is 0 Å². The third-order valence-electron chi connectivity index (χ3n) is 3.59. The van der Waals surface area contributed by atoms with E-state index in [0.717, 1.165) is 43.0 Å². The van der Waals surface area contributed by atoms with Crippen molar-refractivity contribution in [2.24, 2.45) is 0 Å². The van der Waals surface area contributed by atoms with Crippen LogP contribution in [0.25, 0.3) is 0 Å². The molecule has 0 amide bonds. The molecule has 106 valence electrons. The van der Waals surface area contributed by atoms with Gasteiger partial charge < -0.3 is 19.5 Å². The minimum absolute atomic E-state index is 0.151. The molecule has 0 unspecified atom stereocenters. The Morgan fingerprint density at radius 3 is 2.63 bits per heavy atom. The molecule has 1 aromatic rings. The Morgan fingerprint density at radius 1 is 1.26 bits per heavy atom. The highest BCUT2D eigenvalue weighted by Crippen LogP contribution is 2.30. The van der Waals surface area contributed by atoms with Gasteiger partial charge in [0.1, 0.15) is 6.10 Å². The van der Waals surface area contributed by atoms with E-state index in [1.165, 1.54) is 0 Å². The fraction of sp³-hybridized carbons (Fsp3) is 0.600. The molecule has 0 atom stereocenters. The van der Waals surface area contributed by atoms with Gasteiger partial charge in [0.2, 0.25) is 0 Å². The van der Waals surface area contributed by atoms with Crippen LogP contribution in [0, 0.1) is 0 Å². The van der Waals surface area contributed by atoms with Gasteiger partial charge in [-0.2, -0.15) is 0 Å². The minimum Gasteiger partial charge on any atom is -0.493 e. The van der Waals surface area contributed by atoms with Crippen LogP contribution in [-0.2, 0) is 6.42 Å². The van der Waals surface area contributed by atoms with Crippen LogP contribution in [0.15, 0.2) is 18.2 Å². The van der Waals surface area contributed by atoms with E-state index in [1.807, 2.05) is 18.2 Å². The van der Waals surface area contributed by atoms with E-state index in [4.69, 9.17) is 14.6 Å².